The molecule has 228 valence electrons. The van der Waals surface area contributed by atoms with Crippen LogP contribution in [0.1, 0.15) is 13.2 Å². The highest BCUT2D eigenvalue weighted by Gasteiger charge is 2.51. The zero-order chi connectivity index (χ0) is 30.0. The molecule has 0 aliphatic carbocycles. The van der Waals surface area contributed by atoms with Crippen LogP contribution in [-0.2, 0) is 41.5 Å². The number of phosphoric acid groups is 2. The summed E-state index contributed by atoms with van der Waals surface area (Å²) in [4.78, 5) is 56.8. The van der Waals surface area contributed by atoms with Crippen molar-refractivity contribution in [3.05, 3.63) is 33.1 Å². The fourth-order valence-corrected chi connectivity index (χ4v) is 6.20. The molecule has 2 unspecified atom stereocenters. The number of phosphoric ester groups is 2. The third kappa shape index (κ3) is 7.69. The first kappa shape index (κ1) is 32.6. The molecule has 2 saturated heterocycles. The highest BCUT2D eigenvalue weighted by molar-refractivity contribution is 7.61. The lowest BCUT2D eigenvalue weighted by molar-refractivity contribution is -0.253. The van der Waals surface area contributed by atoms with Gasteiger partial charge in [-0.15, -0.1) is 0 Å². The van der Waals surface area contributed by atoms with Crippen molar-refractivity contribution in [2.45, 2.75) is 62.1 Å². The summed E-state index contributed by atoms with van der Waals surface area (Å²) in [6.07, 6.45) is -11.9. The van der Waals surface area contributed by atoms with E-state index in [0.717, 1.165) is 30.9 Å². The van der Waals surface area contributed by atoms with Gasteiger partial charge in [-0.05, 0) is 0 Å². The van der Waals surface area contributed by atoms with Crippen molar-refractivity contribution < 1.29 is 71.7 Å². The molecule has 3 rings (SSSR count). The number of aliphatic hydroxyl groups is 4. The predicted octanol–water partition coefficient (Wildman–Crippen LogP) is -4.00. The Morgan fingerprint density at radius 3 is 2.35 bits per heavy atom. The van der Waals surface area contributed by atoms with Gasteiger partial charge in [-0.3, -0.25) is 28.2 Å². The lowest BCUT2D eigenvalue weighted by Gasteiger charge is -2.43. The van der Waals surface area contributed by atoms with Crippen LogP contribution >= 0.6 is 15.6 Å². The lowest BCUT2D eigenvalue weighted by atomic mass is 9.97. The molecule has 1 aromatic rings. The van der Waals surface area contributed by atoms with Gasteiger partial charge < -0.3 is 49.7 Å². The van der Waals surface area contributed by atoms with Crippen LogP contribution in [-0.4, -0.2) is 115 Å². The van der Waals surface area contributed by atoms with Gasteiger partial charge in [-0.25, -0.2) is 13.9 Å². The molecule has 0 bridgehead atoms. The van der Waals surface area contributed by atoms with E-state index in [9.17, 15) is 53.7 Å². The van der Waals surface area contributed by atoms with E-state index in [-0.39, 0.29) is 0 Å². The van der Waals surface area contributed by atoms with Crippen molar-refractivity contribution in [2.75, 3.05) is 20.3 Å². The summed E-state index contributed by atoms with van der Waals surface area (Å²) in [7, 11) is -9.93. The van der Waals surface area contributed by atoms with Crippen LogP contribution in [0.4, 0.5) is 0 Å². The normalized spacial score (nSPS) is 35.5. The van der Waals surface area contributed by atoms with E-state index in [2.05, 4.69) is 14.2 Å². The number of hydrogen-bond donors (Lipinski definition) is 8. The number of aromatic amines is 1. The molecule has 2 aliphatic heterocycles. The minimum atomic E-state index is -5.59. The molecular weight excluding hydrogens is 592 g/mol. The van der Waals surface area contributed by atoms with Gasteiger partial charge >= 0.3 is 21.3 Å². The van der Waals surface area contributed by atoms with E-state index in [1.54, 1.807) is 0 Å². The molecule has 22 heteroatoms. The third-order valence-electron chi connectivity index (χ3n) is 5.80. The zero-order valence-corrected chi connectivity index (χ0v) is 22.6. The fraction of sp³-hybridized carbons (Fsp3) is 0.722. The van der Waals surface area contributed by atoms with Crippen molar-refractivity contribution >= 4 is 21.6 Å². The zero-order valence-electron chi connectivity index (χ0n) is 20.8. The Kier molecular flexibility index (Phi) is 10.6. The Morgan fingerprint density at radius 2 is 1.77 bits per heavy atom. The minimum absolute atomic E-state index is 0.733. The average Bonchev–Trinajstić information content (AvgIpc) is 3.12. The topological polar surface area (TPSA) is 295 Å². The van der Waals surface area contributed by atoms with Gasteiger partial charge in [-0.1, -0.05) is 0 Å². The van der Waals surface area contributed by atoms with Crippen molar-refractivity contribution in [1.29, 1.82) is 0 Å². The molecular formula is C18H29N3O17P2. The number of H-pyrrole nitrogens is 1. The number of rotatable bonds is 11. The van der Waals surface area contributed by atoms with Crippen LogP contribution in [0.2, 0.25) is 0 Å². The first-order chi connectivity index (χ1) is 18.6. The number of aliphatic hydroxyl groups excluding tert-OH is 4. The van der Waals surface area contributed by atoms with E-state index in [1.807, 2.05) is 4.98 Å². The van der Waals surface area contributed by atoms with Gasteiger partial charge in [0.15, 0.2) is 12.5 Å². The van der Waals surface area contributed by atoms with Gasteiger partial charge in [0.1, 0.15) is 42.7 Å². The quantitative estimate of drug-likeness (QED) is 0.109. The first-order valence-corrected chi connectivity index (χ1v) is 14.4. The number of carbonyl (C=O) groups excluding carboxylic acids is 1. The second-order valence-electron chi connectivity index (χ2n) is 8.63. The van der Waals surface area contributed by atoms with E-state index in [0.29, 0.717) is 0 Å². The van der Waals surface area contributed by atoms with Crippen LogP contribution in [0.15, 0.2) is 21.9 Å². The summed E-state index contributed by atoms with van der Waals surface area (Å²) in [6.45, 7) is -0.735. The lowest BCUT2D eigenvalue weighted by Crippen LogP contribution is -2.64. The predicted molar refractivity (Wildman–Crippen MR) is 125 cm³/mol. The monoisotopic (exact) mass is 621 g/mol. The van der Waals surface area contributed by atoms with Crippen LogP contribution in [0, 0.1) is 0 Å². The van der Waals surface area contributed by atoms with Gasteiger partial charge in [0, 0.05) is 26.3 Å². The van der Waals surface area contributed by atoms with E-state index in [1.165, 1.54) is 0 Å². The number of carbonyl (C=O) groups is 1. The molecule has 3 heterocycles. The molecule has 40 heavy (non-hydrogen) atoms. The number of methoxy groups -OCH3 is 1. The molecule has 11 atom stereocenters. The van der Waals surface area contributed by atoms with Crippen molar-refractivity contribution in [3.63, 3.8) is 0 Å². The molecule has 0 radical (unpaired) electrons. The van der Waals surface area contributed by atoms with Crippen molar-refractivity contribution in [3.8, 4) is 0 Å². The van der Waals surface area contributed by atoms with Crippen molar-refractivity contribution in [2.24, 2.45) is 0 Å². The number of amides is 1. The number of aromatic nitrogens is 2. The molecule has 0 spiro atoms. The molecule has 2 fully saturated rings. The largest absolute Gasteiger partial charge is 0.483 e. The van der Waals surface area contributed by atoms with Crippen LogP contribution in [0.25, 0.3) is 0 Å². The first-order valence-electron chi connectivity index (χ1n) is 11.4. The highest BCUT2D eigenvalue weighted by Crippen LogP contribution is 2.61. The average molecular weight is 621 g/mol. The molecule has 2 aliphatic rings. The van der Waals surface area contributed by atoms with Gasteiger partial charge in [0.25, 0.3) is 5.56 Å². The third-order valence-corrected chi connectivity index (χ3v) is 8.40. The molecule has 1 amide bonds. The highest BCUT2D eigenvalue weighted by atomic mass is 31.3. The Balaban J connectivity index is 1.67. The Labute approximate surface area is 224 Å². The van der Waals surface area contributed by atoms with Crippen LogP contribution in [0.3, 0.4) is 0 Å². The maximum absolute atomic E-state index is 12.5. The van der Waals surface area contributed by atoms with E-state index >= 15 is 0 Å². The van der Waals surface area contributed by atoms with Crippen LogP contribution < -0.4 is 16.6 Å². The summed E-state index contributed by atoms with van der Waals surface area (Å²) in [6, 6.07) is -0.628. The Bertz CT molecular complexity index is 1260. The molecule has 8 N–H and O–H groups in total. The Hall–Kier alpha value is -1.87. The van der Waals surface area contributed by atoms with E-state index < -0.39 is 101 Å². The fourth-order valence-electron chi connectivity index (χ4n) is 4.03. The second-order valence-corrected chi connectivity index (χ2v) is 11.6. The van der Waals surface area contributed by atoms with Crippen molar-refractivity contribution in [1.82, 2.24) is 14.9 Å². The SMILES string of the molecule is CO[C@@H]1[C@H](O)[C@@H](NC(C)=O)[C@@H](OP(=O)(O)OP(=O)(O)OC[C@H]2O[C@@H](n3ccc(=O)[nH]c3=O)[C@H](O)[C@@H]2O)O[C@@H]1CO. The maximum Gasteiger partial charge on any atom is 0.483 e. The summed E-state index contributed by atoms with van der Waals surface area (Å²) in [5.41, 5.74) is -1.74. The van der Waals surface area contributed by atoms with Gasteiger partial charge in [0.05, 0.1) is 13.2 Å². The molecule has 0 saturated carbocycles. The summed E-state index contributed by atoms with van der Waals surface area (Å²) >= 11 is 0. The maximum atomic E-state index is 12.5. The summed E-state index contributed by atoms with van der Waals surface area (Å²) < 4.78 is 54.8. The number of hydrogen-bond acceptors (Lipinski definition) is 15. The molecule has 1 aromatic heterocycles. The van der Waals surface area contributed by atoms with E-state index in [4.69, 9.17) is 18.7 Å². The van der Waals surface area contributed by atoms with Crippen LogP contribution in [0.5, 0.6) is 0 Å². The Morgan fingerprint density at radius 1 is 1.10 bits per heavy atom. The second kappa shape index (κ2) is 13.0. The minimum Gasteiger partial charge on any atom is -0.394 e. The molecule has 0 aromatic carbocycles. The summed E-state index contributed by atoms with van der Waals surface area (Å²) in [5.74, 6) is -0.733. The van der Waals surface area contributed by atoms with Gasteiger partial charge in [-0.2, -0.15) is 4.31 Å². The summed E-state index contributed by atoms with van der Waals surface area (Å²) in [5, 5.41) is 42.7. The number of nitrogens with zero attached hydrogens (tertiary/aromatic N) is 1. The smallest absolute Gasteiger partial charge is 0.394 e. The standard InChI is InChI=1S/C18H29N3O17P2/c1-7(23)19-11-13(26)15(33-2)8(5-22)36-17(11)37-40(31,32)38-39(29,30)34-6-9-12(25)14(27)16(35-9)21-4-3-10(24)20-18(21)28/h3-4,8-9,11-17,22,25-27H,5-6H2,1-2H3,(H,19,23)(H,29,30)(H,31,32)(H,20,24,28)/t8-,9-,11-,12-,13-,14-,15+,16-,17-/m1/s1. The van der Waals surface area contributed by atoms with Gasteiger partial charge in [0.2, 0.25) is 5.91 Å². The number of nitrogens with one attached hydrogen (secondary N) is 2. The number of ether oxygens (including phenoxy) is 3. The molecule has 20 nitrogen and oxygen atoms in total.